The molecule has 98 valence electrons. The Kier molecular flexibility index (Phi) is 4.15. The molecule has 0 heterocycles. The number of hydrazine groups is 1. The highest BCUT2D eigenvalue weighted by Crippen LogP contribution is 2.28. The molecular formula is C13H18FN3O. The van der Waals surface area contributed by atoms with Gasteiger partial charge in [0.15, 0.2) is 0 Å². The number of amides is 1. The highest BCUT2D eigenvalue weighted by atomic mass is 19.1. The van der Waals surface area contributed by atoms with Gasteiger partial charge >= 0.3 is 0 Å². The van der Waals surface area contributed by atoms with E-state index in [9.17, 15) is 9.18 Å². The number of hydrogen-bond donors (Lipinski definition) is 3. The molecule has 0 unspecified atom stereocenters. The van der Waals surface area contributed by atoms with Gasteiger partial charge in [0.2, 0.25) is 0 Å². The summed E-state index contributed by atoms with van der Waals surface area (Å²) in [6.07, 6.45) is 4.80. The molecule has 0 radical (unpaired) electrons. The van der Waals surface area contributed by atoms with Crippen molar-refractivity contribution in [3.63, 3.8) is 0 Å². The van der Waals surface area contributed by atoms with Gasteiger partial charge in [-0.25, -0.2) is 4.39 Å². The number of nitrogens with one attached hydrogen (secondary N) is 2. The van der Waals surface area contributed by atoms with Crippen molar-refractivity contribution in [3.8, 4) is 0 Å². The van der Waals surface area contributed by atoms with E-state index in [2.05, 4.69) is 10.7 Å². The van der Waals surface area contributed by atoms with E-state index in [1.807, 2.05) is 0 Å². The third kappa shape index (κ3) is 2.79. The fourth-order valence-electron chi connectivity index (χ4n) is 2.13. The lowest BCUT2D eigenvalue weighted by atomic mass is 9.83. The topological polar surface area (TPSA) is 67.1 Å². The summed E-state index contributed by atoms with van der Waals surface area (Å²) in [7, 11) is 0. The summed E-state index contributed by atoms with van der Waals surface area (Å²) >= 11 is 0. The predicted molar refractivity (Wildman–Crippen MR) is 68.5 cm³/mol. The smallest absolute Gasteiger partial charge is 0.253 e. The van der Waals surface area contributed by atoms with Crippen LogP contribution in [0.5, 0.6) is 0 Å². The molecule has 2 rings (SSSR count). The summed E-state index contributed by atoms with van der Waals surface area (Å²) in [6.45, 7) is 0.629. The van der Waals surface area contributed by atoms with Crippen LogP contribution in [0.2, 0.25) is 0 Å². The zero-order chi connectivity index (χ0) is 13.0. The highest BCUT2D eigenvalue weighted by Gasteiger charge is 2.18. The van der Waals surface area contributed by atoms with Crippen LogP contribution in [-0.2, 0) is 0 Å². The maximum Gasteiger partial charge on any atom is 0.253 e. The van der Waals surface area contributed by atoms with Crippen LogP contribution < -0.4 is 16.6 Å². The van der Waals surface area contributed by atoms with Crippen LogP contribution in [0.4, 0.5) is 10.1 Å². The average Bonchev–Trinajstić information content (AvgIpc) is 2.31. The Balaban J connectivity index is 1.93. The summed E-state index contributed by atoms with van der Waals surface area (Å²) < 4.78 is 13.4. The van der Waals surface area contributed by atoms with Crippen molar-refractivity contribution in [2.24, 2.45) is 11.8 Å². The zero-order valence-corrected chi connectivity index (χ0v) is 10.2. The molecule has 18 heavy (non-hydrogen) atoms. The molecule has 4 N–H and O–H groups in total. The van der Waals surface area contributed by atoms with E-state index in [0.717, 1.165) is 12.3 Å². The number of anilines is 1. The van der Waals surface area contributed by atoms with Crippen LogP contribution >= 0.6 is 0 Å². The lowest BCUT2D eigenvalue weighted by molar-refractivity contribution is 0.0949. The van der Waals surface area contributed by atoms with E-state index in [0.29, 0.717) is 6.54 Å². The van der Waals surface area contributed by atoms with E-state index in [-0.39, 0.29) is 17.2 Å². The van der Waals surface area contributed by atoms with Crippen LogP contribution in [0.3, 0.4) is 0 Å². The van der Waals surface area contributed by atoms with Gasteiger partial charge in [0.05, 0.1) is 11.3 Å². The lowest BCUT2D eigenvalue weighted by Gasteiger charge is -2.25. The van der Waals surface area contributed by atoms with Crippen LogP contribution in [0.25, 0.3) is 0 Å². The molecule has 1 aliphatic carbocycles. The molecule has 1 aromatic rings. The van der Waals surface area contributed by atoms with Gasteiger partial charge in [-0.05, 0) is 24.5 Å². The minimum atomic E-state index is -0.524. The van der Waals surface area contributed by atoms with E-state index in [4.69, 9.17) is 5.84 Å². The number of hydrogen-bond acceptors (Lipinski definition) is 3. The number of carbonyl (C=O) groups is 1. The van der Waals surface area contributed by atoms with Gasteiger partial charge < -0.3 is 10.7 Å². The monoisotopic (exact) mass is 251 g/mol. The van der Waals surface area contributed by atoms with Crippen LogP contribution in [0, 0.1) is 11.7 Å². The second kappa shape index (κ2) is 5.82. The SMILES string of the molecule is NNc1c(F)cccc1C(=O)NCCC1CCC1. The van der Waals surface area contributed by atoms with Crippen molar-refractivity contribution in [2.45, 2.75) is 25.7 Å². The van der Waals surface area contributed by atoms with Gasteiger partial charge in [-0.15, -0.1) is 0 Å². The Labute approximate surface area is 106 Å². The molecular weight excluding hydrogens is 233 g/mol. The quantitative estimate of drug-likeness (QED) is 0.554. The Morgan fingerprint density at radius 3 is 2.83 bits per heavy atom. The molecule has 0 aromatic heterocycles. The molecule has 5 heteroatoms. The van der Waals surface area contributed by atoms with Crippen molar-refractivity contribution in [1.29, 1.82) is 0 Å². The Morgan fingerprint density at radius 2 is 2.22 bits per heavy atom. The molecule has 4 nitrogen and oxygen atoms in total. The summed E-state index contributed by atoms with van der Waals surface area (Å²) in [5.74, 6) is 5.15. The number of halogens is 1. The number of para-hydroxylation sites is 1. The van der Waals surface area contributed by atoms with Crippen molar-refractivity contribution in [2.75, 3.05) is 12.0 Å². The van der Waals surface area contributed by atoms with E-state index < -0.39 is 5.82 Å². The molecule has 0 spiro atoms. The number of nitrogens with two attached hydrogens (primary N) is 1. The summed E-state index contributed by atoms with van der Waals surface area (Å²) in [5.41, 5.74) is 2.51. The molecule has 1 fully saturated rings. The zero-order valence-electron chi connectivity index (χ0n) is 10.2. The first-order chi connectivity index (χ1) is 8.72. The predicted octanol–water partition coefficient (Wildman–Crippen LogP) is 2.03. The molecule has 1 aromatic carbocycles. The molecule has 1 saturated carbocycles. The Hall–Kier alpha value is -1.62. The third-order valence-electron chi connectivity index (χ3n) is 3.47. The van der Waals surface area contributed by atoms with Crippen molar-refractivity contribution >= 4 is 11.6 Å². The molecule has 0 atom stereocenters. The normalized spacial score (nSPS) is 15.0. The number of carbonyl (C=O) groups excluding carboxylic acids is 1. The number of nitrogen functional groups attached to an aromatic ring is 1. The first-order valence-electron chi connectivity index (χ1n) is 6.25. The Bertz CT molecular complexity index is 432. The second-order valence-corrected chi connectivity index (χ2v) is 4.65. The molecule has 0 bridgehead atoms. The molecule has 1 aliphatic rings. The van der Waals surface area contributed by atoms with E-state index in [1.54, 1.807) is 6.07 Å². The molecule has 0 saturated heterocycles. The van der Waals surface area contributed by atoms with Gasteiger partial charge in [0, 0.05) is 6.54 Å². The minimum Gasteiger partial charge on any atom is -0.352 e. The summed E-state index contributed by atoms with van der Waals surface area (Å²) in [4.78, 5) is 11.9. The van der Waals surface area contributed by atoms with Gasteiger partial charge in [-0.2, -0.15) is 0 Å². The number of rotatable bonds is 5. The second-order valence-electron chi connectivity index (χ2n) is 4.65. The van der Waals surface area contributed by atoms with Crippen LogP contribution in [-0.4, -0.2) is 12.5 Å². The maximum absolute atomic E-state index is 13.4. The van der Waals surface area contributed by atoms with E-state index >= 15 is 0 Å². The van der Waals surface area contributed by atoms with Gasteiger partial charge in [0.25, 0.3) is 5.91 Å². The van der Waals surface area contributed by atoms with E-state index in [1.165, 1.54) is 31.4 Å². The van der Waals surface area contributed by atoms with Crippen molar-refractivity contribution in [1.82, 2.24) is 5.32 Å². The molecule has 1 amide bonds. The first-order valence-corrected chi connectivity index (χ1v) is 6.25. The fraction of sp³-hybridized carbons (Fsp3) is 0.462. The van der Waals surface area contributed by atoms with Crippen LogP contribution in [0.15, 0.2) is 18.2 Å². The average molecular weight is 251 g/mol. The summed E-state index contributed by atoms with van der Waals surface area (Å²) in [5, 5.41) is 2.80. The van der Waals surface area contributed by atoms with Crippen LogP contribution in [0.1, 0.15) is 36.0 Å². The number of benzene rings is 1. The van der Waals surface area contributed by atoms with Gasteiger partial charge in [-0.1, -0.05) is 25.3 Å². The standard InChI is InChI=1S/C13H18FN3O/c14-11-6-2-5-10(12(11)17-15)13(18)16-8-7-9-3-1-4-9/h2,5-6,9,17H,1,3-4,7-8,15H2,(H,16,18). The fourth-order valence-corrected chi connectivity index (χ4v) is 2.13. The third-order valence-corrected chi connectivity index (χ3v) is 3.47. The Morgan fingerprint density at radius 1 is 1.44 bits per heavy atom. The minimum absolute atomic E-state index is 0.0404. The molecule has 0 aliphatic heterocycles. The van der Waals surface area contributed by atoms with Gasteiger partial charge in [-0.3, -0.25) is 10.6 Å². The lowest BCUT2D eigenvalue weighted by Crippen LogP contribution is -2.28. The highest BCUT2D eigenvalue weighted by molar-refractivity contribution is 5.99. The van der Waals surface area contributed by atoms with Gasteiger partial charge in [0.1, 0.15) is 5.82 Å². The first kappa shape index (κ1) is 12.8. The van der Waals surface area contributed by atoms with Crippen molar-refractivity contribution < 1.29 is 9.18 Å². The van der Waals surface area contributed by atoms with Crippen molar-refractivity contribution in [3.05, 3.63) is 29.6 Å². The largest absolute Gasteiger partial charge is 0.352 e. The summed E-state index contributed by atoms with van der Waals surface area (Å²) in [6, 6.07) is 4.31. The maximum atomic E-state index is 13.4.